The molecule has 0 aliphatic carbocycles. The second-order valence-corrected chi connectivity index (χ2v) is 4.28. The number of nitrogens with zero attached hydrogens (tertiary/aromatic N) is 1. The molecule has 1 N–H and O–H groups in total. The second kappa shape index (κ2) is 7.63. The Morgan fingerprint density at radius 3 is 3.00 bits per heavy atom. The number of ether oxygens (including phenoxy) is 1. The van der Waals surface area contributed by atoms with E-state index in [0.717, 1.165) is 51.9 Å². The third kappa shape index (κ3) is 4.10. The summed E-state index contributed by atoms with van der Waals surface area (Å²) in [5, 5.41) is 3.25. The Morgan fingerprint density at radius 1 is 1.50 bits per heavy atom. The zero-order valence-corrected chi connectivity index (χ0v) is 10.5. The van der Waals surface area contributed by atoms with Crippen molar-refractivity contribution in [2.24, 2.45) is 0 Å². The fraction of sp³-hybridized carbons (Fsp3) is 0.917. The third-order valence-electron chi connectivity index (χ3n) is 3.01. The average molecular weight is 228 g/mol. The Labute approximate surface area is 98.3 Å². The molecule has 94 valence electrons. The SMILES string of the molecule is CCNC1CCCN(CCCCOC)C1=O. The zero-order valence-electron chi connectivity index (χ0n) is 10.5. The van der Waals surface area contributed by atoms with Gasteiger partial charge in [-0.25, -0.2) is 0 Å². The molecule has 0 aromatic carbocycles. The molecule has 4 heteroatoms. The summed E-state index contributed by atoms with van der Waals surface area (Å²) >= 11 is 0. The van der Waals surface area contributed by atoms with Gasteiger partial charge in [0.25, 0.3) is 0 Å². The minimum atomic E-state index is 0.0566. The van der Waals surface area contributed by atoms with Crippen LogP contribution in [-0.4, -0.2) is 50.2 Å². The Balaban J connectivity index is 2.27. The number of likely N-dealkylation sites (tertiary alicyclic amines) is 1. The molecule has 4 nitrogen and oxygen atoms in total. The predicted molar refractivity (Wildman–Crippen MR) is 64.4 cm³/mol. The van der Waals surface area contributed by atoms with Gasteiger partial charge in [-0.15, -0.1) is 0 Å². The van der Waals surface area contributed by atoms with Crippen molar-refractivity contribution < 1.29 is 9.53 Å². The van der Waals surface area contributed by atoms with Crippen molar-refractivity contribution in [3.05, 3.63) is 0 Å². The lowest BCUT2D eigenvalue weighted by Crippen LogP contribution is -2.50. The third-order valence-corrected chi connectivity index (χ3v) is 3.01. The number of hydrogen-bond acceptors (Lipinski definition) is 3. The van der Waals surface area contributed by atoms with Gasteiger partial charge in [0.05, 0.1) is 6.04 Å². The van der Waals surface area contributed by atoms with Crippen LogP contribution in [-0.2, 0) is 9.53 Å². The van der Waals surface area contributed by atoms with Crippen LogP contribution >= 0.6 is 0 Å². The maximum Gasteiger partial charge on any atom is 0.239 e. The summed E-state index contributed by atoms with van der Waals surface area (Å²) in [7, 11) is 1.72. The fourth-order valence-electron chi connectivity index (χ4n) is 2.15. The Kier molecular flexibility index (Phi) is 6.42. The number of methoxy groups -OCH3 is 1. The first-order chi connectivity index (χ1) is 7.79. The van der Waals surface area contributed by atoms with Crippen LogP contribution in [0.4, 0.5) is 0 Å². The van der Waals surface area contributed by atoms with Gasteiger partial charge in [0, 0.05) is 26.8 Å². The first-order valence-corrected chi connectivity index (χ1v) is 6.30. The first-order valence-electron chi connectivity index (χ1n) is 6.30. The molecule has 1 aliphatic heterocycles. The smallest absolute Gasteiger partial charge is 0.239 e. The lowest BCUT2D eigenvalue weighted by Gasteiger charge is -2.32. The van der Waals surface area contributed by atoms with Gasteiger partial charge in [-0.2, -0.15) is 0 Å². The van der Waals surface area contributed by atoms with Crippen LogP contribution in [0.5, 0.6) is 0 Å². The number of rotatable bonds is 7. The van der Waals surface area contributed by atoms with Crippen molar-refractivity contribution in [3.63, 3.8) is 0 Å². The van der Waals surface area contributed by atoms with Crippen molar-refractivity contribution in [2.75, 3.05) is 33.4 Å². The molecule has 0 aromatic rings. The number of carbonyl (C=O) groups is 1. The Morgan fingerprint density at radius 2 is 2.31 bits per heavy atom. The molecular formula is C12H24N2O2. The number of nitrogens with one attached hydrogen (secondary N) is 1. The number of amides is 1. The summed E-state index contributed by atoms with van der Waals surface area (Å²) < 4.78 is 5.00. The van der Waals surface area contributed by atoms with E-state index in [1.165, 1.54) is 0 Å². The molecule has 1 heterocycles. The second-order valence-electron chi connectivity index (χ2n) is 4.28. The van der Waals surface area contributed by atoms with Crippen LogP contribution in [0.1, 0.15) is 32.6 Å². The van der Waals surface area contributed by atoms with E-state index >= 15 is 0 Å². The fourth-order valence-corrected chi connectivity index (χ4v) is 2.15. The van der Waals surface area contributed by atoms with Crippen molar-refractivity contribution in [3.8, 4) is 0 Å². The molecule has 1 atom stereocenters. The van der Waals surface area contributed by atoms with Crippen LogP contribution < -0.4 is 5.32 Å². The van der Waals surface area contributed by atoms with Crippen LogP contribution in [0, 0.1) is 0 Å². The van der Waals surface area contributed by atoms with Crippen LogP contribution in [0.25, 0.3) is 0 Å². The summed E-state index contributed by atoms with van der Waals surface area (Å²) in [6.45, 7) is 5.51. The summed E-state index contributed by atoms with van der Waals surface area (Å²) in [6.07, 6.45) is 4.18. The highest BCUT2D eigenvalue weighted by molar-refractivity contribution is 5.82. The van der Waals surface area contributed by atoms with E-state index in [9.17, 15) is 4.79 Å². The quantitative estimate of drug-likeness (QED) is 0.661. The Hall–Kier alpha value is -0.610. The molecule has 0 saturated carbocycles. The van der Waals surface area contributed by atoms with Crippen molar-refractivity contribution in [1.29, 1.82) is 0 Å². The summed E-state index contributed by atoms with van der Waals surface area (Å²) in [5.74, 6) is 0.283. The van der Waals surface area contributed by atoms with Crippen molar-refractivity contribution >= 4 is 5.91 Å². The topological polar surface area (TPSA) is 41.6 Å². The number of carbonyl (C=O) groups excluding carboxylic acids is 1. The molecule has 1 fully saturated rings. The van der Waals surface area contributed by atoms with Gasteiger partial charge in [0.15, 0.2) is 0 Å². The molecule has 1 aliphatic rings. The highest BCUT2D eigenvalue weighted by atomic mass is 16.5. The number of unbranched alkanes of at least 4 members (excludes halogenated alkanes) is 1. The lowest BCUT2D eigenvalue weighted by atomic mass is 10.0. The molecule has 1 unspecified atom stereocenters. The molecule has 0 radical (unpaired) electrons. The van der Waals surface area contributed by atoms with E-state index in [2.05, 4.69) is 5.32 Å². The highest BCUT2D eigenvalue weighted by Crippen LogP contribution is 2.12. The van der Waals surface area contributed by atoms with Crippen LogP contribution in [0.15, 0.2) is 0 Å². The Bertz CT molecular complexity index is 207. The van der Waals surface area contributed by atoms with E-state index in [1.807, 2.05) is 11.8 Å². The predicted octanol–water partition coefficient (Wildman–Crippen LogP) is 1.01. The maximum absolute atomic E-state index is 12.0. The standard InChI is InChI=1S/C12H24N2O2/c1-3-13-11-7-6-9-14(12(11)15)8-4-5-10-16-2/h11,13H,3-10H2,1-2H3. The molecule has 0 spiro atoms. The van der Waals surface area contributed by atoms with Gasteiger partial charge >= 0.3 is 0 Å². The first kappa shape index (κ1) is 13.5. The molecule has 1 rings (SSSR count). The zero-order chi connectivity index (χ0) is 11.8. The van der Waals surface area contributed by atoms with Gasteiger partial charge in [-0.3, -0.25) is 4.79 Å². The number of likely N-dealkylation sites (N-methyl/N-ethyl adjacent to an activating group) is 1. The summed E-state index contributed by atoms with van der Waals surface area (Å²) in [6, 6.07) is 0.0566. The molecule has 1 amide bonds. The van der Waals surface area contributed by atoms with Gasteiger partial charge in [0.2, 0.25) is 5.91 Å². The van der Waals surface area contributed by atoms with Gasteiger partial charge in [-0.1, -0.05) is 6.92 Å². The van der Waals surface area contributed by atoms with Crippen molar-refractivity contribution in [1.82, 2.24) is 10.2 Å². The molecule has 16 heavy (non-hydrogen) atoms. The lowest BCUT2D eigenvalue weighted by molar-refractivity contribution is -0.136. The molecule has 1 saturated heterocycles. The molecular weight excluding hydrogens is 204 g/mol. The van der Waals surface area contributed by atoms with E-state index in [0.29, 0.717) is 0 Å². The van der Waals surface area contributed by atoms with E-state index in [1.54, 1.807) is 7.11 Å². The van der Waals surface area contributed by atoms with Gasteiger partial charge < -0.3 is 15.0 Å². The molecule has 0 bridgehead atoms. The highest BCUT2D eigenvalue weighted by Gasteiger charge is 2.27. The largest absolute Gasteiger partial charge is 0.385 e. The van der Waals surface area contributed by atoms with E-state index < -0.39 is 0 Å². The maximum atomic E-state index is 12.0. The van der Waals surface area contributed by atoms with Gasteiger partial charge in [0.1, 0.15) is 0 Å². The molecule has 0 aromatic heterocycles. The van der Waals surface area contributed by atoms with E-state index in [4.69, 9.17) is 4.74 Å². The number of piperidine rings is 1. The summed E-state index contributed by atoms with van der Waals surface area (Å²) in [5.41, 5.74) is 0. The van der Waals surface area contributed by atoms with Crippen LogP contribution in [0.3, 0.4) is 0 Å². The normalized spacial score (nSPS) is 21.5. The minimum Gasteiger partial charge on any atom is -0.385 e. The minimum absolute atomic E-state index is 0.0566. The van der Waals surface area contributed by atoms with Crippen LogP contribution in [0.2, 0.25) is 0 Å². The average Bonchev–Trinajstić information content (AvgIpc) is 2.29. The monoisotopic (exact) mass is 228 g/mol. The van der Waals surface area contributed by atoms with E-state index in [-0.39, 0.29) is 11.9 Å². The van der Waals surface area contributed by atoms with Crippen molar-refractivity contribution in [2.45, 2.75) is 38.6 Å². The summed E-state index contributed by atoms with van der Waals surface area (Å²) in [4.78, 5) is 14.0. The van der Waals surface area contributed by atoms with Gasteiger partial charge in [-0.05, 0) is 32.2 Å². The number of hydrogen-bond donors (Lipinski definition) is 1.